The summed E-state index contributed by atoms with van der Waals surface area (Å²) < 4.78 is 23.0. The molecule has 1 amide bonds. The fourth-order valence-corrected chi connectivity index (χ4v) is 7.95. The number of aliphatic hydroxyl groups excluding tert-OH is 1. The number of amides is 1. The lowest BCUT2D eigenvalue weighted by Gasteiger charge is -2.29. The van der Waals surface area contributed by atoms with Gasteiger partial charge in [-0.3, -0.25) is 9.36 Å². The first kappa shape index (κ1) is 57.0. The van der Waals surface area contributed by atoms with E-state index in [-0.39, 0.29) is 12.5 Å². The van der Waals surface area contributed by atoms with Crippen LogP contribution in [0.4, 0.5) is 0 Å². The fourth-order valence-electron chi connectivity index (χ4n) is 7.23. The number of quaternary nitrogens is 1. The molecule has 0 saturated carbocycles. The second-order valence-corrected chi connectivity index (χ2v) is 19.6. The first-order valence-corrected chi connectivity index (χ1v) is 26.2. The van der Waals surface area contributed by atoms with Crippen LogP contribution in [0.25, 0.3) is 0 Å². The second kappa shape index (κ2) is 41.3. The summed E-state index contributed by atoms with van der Waals surface area (Å²) in [6.07, 6.45) is 50.5. The van der Waals surface area contributed by atoms with Crippen molar-refractivity contribution in [2.45, 2.75) is 244 Å². The van der Waals surface area contributed by atoms with E-state index in [0.717, 1.165) is 44.9 Å². The van der Waals surface area contributed by atoms with E-state index in [1.165, 1.54) is 167 Å². The molecule has 0 heterocycles. The van der Waals surface area contributed by atoms with Crippen molar-refractivity contribution in [3.63, 3.8) is 0 Å². The summed E-state index contributed by atoms with van der Waals surface area (Å²) in [6.45, 7) is 4.50. The minimum absolute atomic E-state index is 0.00555. The minimum atomic E-state index is -4.58. The first-order valence-electron chi connectivity index (χ1n) is 24.7. The van der Waals surface area contributed by atoms with Crippen LogP contribution in [-0.2, 0) is 18.4 Å². The maximum absolute atomic E-state index is 12.6. The SMILES string of the molecule is CCCCCCCCCCCCCCCCCCCCCCCCCCCC/C=C/CC/C=C/C(O)C(COP(=O)([O-])OCC[N+](C)(C)C)NC(=O)CCCCCC. The molecule has 0 aromatic rings. The van der Waals surface area contributed by atoms with Crippen molar-refractivity contribution in [2.24, 2.45) is 0 Å². The van der Waals surface area contributed by atoms with E-state index in [4.69, 9.17) is 9.05 Å². The zero-order valence-corrected chi connectivity index (χ0v) is 39.9. The summed E-state index contributed by atoms with van der Waals surface area (Å²) in [5.41, 5.74) is 0. The lowest BCUT2D eigenvalue weighted by Crippen LogP contribution is -2.45. The van der Waals surface area contributed by atoms with Crippen LogP contribution in [0.15, 0.2) is 24.3 Å². The van der Waals surface area contributed by atoms with Crippen molar-refractivity contribution in [2.75, 3.05) is 40.9 Å². The van der Waals surface area contributed by atoms with Crippen molar-refractivity contribution in [3.8, 4) is 0 Å². The summed E-state index contributed by atoms with van der Waals surface area (Å²) in [5, 5.41) is 13.6. The van der Waals surface area contributed by atoms with Crippen molar-refractivity contribution in [1.82, 2.24) is 5.32 Å². The molecule has 0 saturated heterocycles. The van der Waals surface area contributed by atoms with Crippen LogP contribution in [-0.4, -0.2) is 68.5 Å². The Balaban J connectivity index is 3.88. The largest absolute Gasteiger partial charge is 0.756 e. The molecule has 2 N–H and O–H groups in total. The number of phosphoric acid groups is 1. The predicted molar refractivity (Wildman–Crippen MR) is 247 cm³/mol. The van der Waals surface area contributed by atoms with E-state index in [2.05, 4.69) is 31.3 Å². The highest BCUT2D eigenvalue weighted by atomic mass is 31.2. The summed E-state index contributed by atoms with van der Waals surface area (Å²) in [7, 11) is 1.24. The summed E-state index contributed by atoms with van der Waals surface area (Å²) in [6, 6.07) is -0.895. The Hall–Kier alpha value is -1.02. The van der Waals surface area contributed by atoms with Gasteiger partial charge in [0.25, 0.3) is 7.82 Å². The van der Waals surface area contributed by atoms with Crippen LogP contribution in [0, 0.1) is 0 Å². The average molecular weight is 841 g/mol. The van der Waals surface area contributed by atoms with Crippen LogP contribution in [0.3, 0.4) is 0 Å². The molecular weight excluding hydrogens is 744 g/mol. The Morgan fingerprint density at radius 2 is 0.966 bits per heavy atom. The molecule has 0 aliphatic heterocycles. The van der Waals surface area contributed by atoms with Crippen molar-refractivity contribution >= 4 is 13.7 Å². The van der Waals surface area contributed by atoms with Gasteiger partial charge in [-0.05, 0) is 32.1 Å². The van der Waals surface area contributed by atoms with Crippen LogP contribution >= 0.6 is 7.82 Å². The fraction of sp³-hybridized carbons (Fsp3) is 0.898. The third kappa shape index (κ3) is 43.1. The monoisotopic (exact) mass is 841 g/mol. The van der Waals surface area contributed by atoms with Crippen molar-refractivity contribution in [3.05, 3.63) is 24.3 Å². The maximum atomic E-state index is 12.6. The summed E-state index contributed by atoms with van der Waals surface area (Å²) in [5.74, 6) is -0.224. The summed E-state index contributed by atoms with van der Waals surface area (Å²) >= 11 is 0. The van der Waals surface area contributed by atoms with Gasteiger partial charge < -0.3 is 28.8 Å². The highest BCUT2D eigenvalue weighted by molar-refractivity contribution is 7.45. The van der Waals surface area contributed by atoms with Gasteiger partial charge in [0.1, 0.15) is 13.2 Å². The minimum Gasteiger partial charge on any atom is -0.756 e. The maximum Gasteiger partial charge on any atom is 0.268 e. The Labute approximate surface area is 360 Å². The molecule has 0 spiro atoms. The molecule has 0 aliphatic carbocycles. The predicted octanol–water partition coefficient (Wildman–Crippen LogP) is 13.5. The molecule has 3 atom stereocenters. The quantitative estimate of drug-likeness (QED) is 0.0274. The number of phosphoric ester groups is 1. The molecule has 0 aromatic carbocycles. The van der Waals surface area contributed by atoms with Crippen LogP contribution < -0.4 is 10.2 Å². The van der Waals surface area contributed by atoms with Gasteiger partial charge in [-0.1, -0.05) is 218 Å². The van der Waals surface area contributed by atoms with E-state index in [0.29, 0.717) is 17.4 Å². The molecule has 0 rings (SSSR count). The number of allylic oxidation sites excluding steroid dienone is 3. The van der Waals surface area contributed by atoms with Gasteiger partial charge in [0, 0.05) is 6.42 Å². The lowest BCUT2D eigenvalue weighted by atomic mass is 10.0. The lowest BCUT2D eigenvalue weighted by molar-refractivity contribution is -0.870. The number of hydrogen-bond acceptors (Lipinski definition) is 6. The number of unbranched alkanes of at least 4 members (excludes halogenated alkanes) is 30. The molecule has 0 aromatic heterocycles. The summed E-state index contributed by atoms with van der Waals surface area (Å²) in [4.78, 5) is 24.9. The molecule has 0 fully saturated rings. The highest BCUT2D eigenvalue weighted by Gasteiger charge is 2.23. The molecule has 0 aliphatic rings. The van der Waals surface area contributed by atoms with E-state index in [9.17, 15) is 19.4 Å². The van der Waals surface area contributed by atoms with Crippen LogP contribution in [0.1, 0.15) is 232 Å². The van der Waals surface area contributed by atoms with Crippen molar-refractivity contribution in [1.29, 1.82) is 0 Å². The number of hydrogen-bond donors (Lipinski definition) is 2. The molecule has 58 heavy (non-hydrogen) atoms. The topological polar surface area (TPSA) is 108 Å². The number of carbonyl (C=O) groups excluding carboxylic acids is 1. The zero-order valence-electron chi connectivity index (χ0n) is 39.0. The zero-order chi connectivity index (χ0) is 42.8. The first-order chi connectivity index (χ1) is 28.0. The number of rotatable bonds is 45. The van der Waals surface area contributed by atoms with Crippen LogP contribution in [0.5, 0.6) is 0 Å². The van der Waals surface area contributed by atoms with E-state index < -0.39 is 26.6 Å². The Morgan fingerprint density at radius 1 is 0.586 bits per heavy atom. The van der Waals surface area contributed by atoms with E-state index in [1.807, 2.05) is 27.2 Å². The van der Waals surface area contributed by atoms with Gasteiger partial charge in [0.15, 0.2) is 0 Å². The average Bonchev–Trinajstić information content (AvgIpc) is 3.17. The van der Waals surface area contributed by atoms with Crippen LogP contribution in [0.2, 0.25) is 0 Å². The van der Waals surface area contributed by atoms with E-state index >= 15 is 0 Å². The molecule has 344 valence electrons. The number of aliphatic hydroxyl groups is 1. The number of carbonyl (C=O) groups is 1. The Kier molecular flexibility index (Phi) is 40.6. The number of nitrogens with one attached hydrogen (secondary N) is 1. The highest BCUT2D eigenvalue weighted by Crippen LogP contribution is 2.38. The van der Waals surface area contributed by atoms with Gasteiger partial charge in [0.2, 0.25) is 5.91 Å². The smallest absolute Gasteiger partial charge is 0.268 e. The van der Waals surface area contributed by atoms with Gasteiger partial charge in [-0.25, -0.2) is 0 Å². The molecule has 9 heteroatoms. The Bertz CT molecular complexity index is 1000. The molecular formula is C49H97N2O6P. The van der Waals surface area contributed by atoms with Gasteiger partial charge in [-0.2, -0.15) is 0 Å². The molecule has 0 bridgehead atoms. The third-order valence-corrected chi connectivity index (χ3v) is 12.1. The molecule has 3 unspecified atom stereocenters. The van der Waals surface area contributed by atoms with Gasteiger partial charge in [0.05, 0.1) is 39.9 Å². The molecule has 0 radical (unpaired) electrons. The second-order valence-electron chi connectivity index (χ2n) is 18.2. The standard InChI is InChI=1S/C49H97N2O6P/c1-6-8-10-12-13-14-15-16-17-18-19-20-21-22-23-24-25-26-27-28-29-30-31-32-33-34-35-36-37-38-39-40-42-48(52)47(50-49(53)43-41-11-9-7-2)46-57-58(54,55)56-45-44-51(3,4)5/h36-37,40,42,47-48,52H,6-35,38-39,41,43-46H2,1-5H3,(H-,50,53,54,55)/b37-36+,42-40+. The van der Waals surface area contributed by atoms with E-state index in [1.54, 1.807) is 6.08 Å². The van der Waals surface area contributed by atoms with Gasteiger partial charge in [-0.15, -0.1) is 0 Å². The molecule has 8 nitrogen and oxygen atoms in total. The normalized spacial score (nSPS) is 14.4. The number of nitrogens with zero attached hydrogens (tertiary/aromatic N) is 1. The Morgan fingerprint density at radius 3 is 1.40 bits per heavy atom. The third-order valence-electron chi connectivity index (χ3n) is 11.2. The van der Waals surface area contributed by atoms with Gasteiger partial charge >= 0.3 is 0 Å². The number of likely N-dealkylation sites (N-methyl/N-ethyl adjacent to an activating group) is 1. The van der Waals surface area contributed by atoms with Crippen molar-refractivity contribution < 1.29 is 32.9 Å².